The summed E-state index contributed by atoms with van der Waals surface area (Å²) in [6.45, 7) is 0. The number of benzene rings is 1. The zero-order chi connectivity index (χ0) is 10.8. The molecule has 2 rings (SSSR count). The Morgan fingerprint density at radius 1 is 1.47 bits per heavy atom. The summed E-state index contributed by atoms with van der Waals surface area (Å²) in [7, 11) is 0. The second-order valence-electron chi connectivity index (χ2n) is 2.98. The van der Waals surface area contributed by atoms with Gasteiger partial charge < -0.3 is 9.52 Å². The van der Waals surface area contributed by atoms with Gasteiger partial charge in [-0.25, -0.2) is 9.37 Å². The summed E-state index contributed by atoms with van der Waals surface area (Å²) in [6.07, 6.45) is 1.54. The molecule has 0 aliphatic carbocycles. The first-order chi connectivity index (χ1) is 7.18. The van der Waals surface area contributed by atoms with Crippen LogP contribution in [0.1, 0.15) is 17.4 Å². The third-order valence-corrected chi connectivity index (χ3v) is 2.29. The van der Waals surface area contributed by atoms with E-state index >= 15 is 0 Å². The van der Waals surface area contributed by atoms with Crippen LogP contribution in [-0.4, -0.2) is 10.1 Å². The summed E-state index contributed by atoms with van der Waals surface area (Å²) in [4.78, 5) is 3.66. The molecule has 5 heteroatoms. The average Bonchev–Trinajstić information content (AvgIpc) is 2.74. The molecule has 0 spiro atoms. The monoisotopic (exact) mass is 227 g/mol. The van der Waals surface area contributed by atoms with Crippen molar-refractivity contribution < 1.29 is 13.9 Å². The van der Waals surface area contributed by atoms with E-state index in [-0.39, 0.29) is 10.8 Å². The molecule has 0 amide bonds. The Labute approximate surface area is 90.1 Å². The second kappa shape index (κ2) is 4.00. The van der Waals surface area contributed by atoms with E-state index in [9.17, 15) is 9.50 Å². The van der Waals surface area contributed by atoms with Crippen LogP contribution >= 0.6 is 11.6 Å². The van der Waals surface area contributed by atoms with Gasteiger partial charge in [-0.2, -0.15) is 0 Å². The molecular formula is C10H7ClFNO2. The first-order valence-corrected chi connectivity index (χ1v) is 4.57. The highest BCUT2D eigenvalue weighted by atomic mass is 35.5. The first-order valence-electron chi connectivity index (χ1n) is 4.20. The van der Waals surface area contributed by atoms with Crippen LogP contribution in [0.25, 0.3) is 0 Å². The van der Waals surface area contributed by atoms with Gasteiger partial charge >= 0.3 is 0 Å². The number of oxazole rings is 1. The van der Waals surface area contributed by atoms with E-state index in [1.165, 1.54) is 24.7 Å². The minimum absolute atomic E-state index is 0.0171. The molecule has 0 bridgehead atoms. The van der Waals surface area contributed by atoms with Gasteiger partial charge in [0, 0.05) is 0 Å². The lowest BCUT2D eigenvalue weighted by molar-refractivity contribution is 0.189. The molecular weight excluding hydrogens is 221 g/mol. The van der Waals surface area contributed by atoms with E-state index in [0.717, 1.165) is 6.07 Å². The standard InChI is InChI=1S/C10H7ClFNO2/c11-7-2-1-6(3-8(7)12)10(14)9-4-13-5-15-9/h1-5,10,14H. The van der Waals surface area contributed by atoms with Crippen molar-refractivity contribution in [2.45, 2.75) is 6.10 Å². The lowest BCUT2D eigenvalue weighted by atomic mass is 10.1. The number of hydrogen-bond acceptors (Lipinski definition) is 3. The van der Waals surface area contributed by atoms with Crippen molar-refractivity contribution in [2.75, 3.05) is 0 Å². The highest BCUT2D eigenvalue weighted by molar-refractivity contribution is 6.30. The van der Waals surface area contributed by atoms with E-state index in [4.69, 9.17) is 16.0 Å². The van der Waals surface area contributed by atoms with Crippen molar-refractivity contribution in [3.8, 4) is 0 Å². The molecule has 0 aliphatic rings. The van der Waals surface area contributed by atoms with E-state index in [0.29, 0.717) is 5.56 Å². The number of halogens is 2. The number of aliphatic hydroxyl groups is 1. The van der Waals surface area contributed by atoms with Gasteiger partial charge in [0.1, 0.15) is 11.9 Å². The van der Waals surface area contributed by atoms with Gasteiger partial charge in [-0.15, -0.1) is 0 Å². The fraction of sp³-hybridized carbons (Fsp3) is 0.100. The van der Waals surface area contributed by atoms with Gasteiger partial charge in [0.2, 0.25) is 0 Å². The summed E-state index contributed by atoms with van der Waals surface area (Å²) < 4.78 is 18.0. The van der Waals surface area contributed by atoms with Crippen molar-refractivity contribution >= 4 is 11.6 Å². The van der Waals surface area contributed by atoms with Gasteiger partial charge in [-0.1, -0.05) is 17.7 Å². The Hall–Kier alpha value is -1.39. The number of rotatable bonds is 2. The topological polar surface area (TPSA) is 46.3 Å². The quantitative estimate of drug-likeness (QED) is 0.858. The summed E-state index contributed by atoms with van der Waals surface area (Å²) in [5, 5.41) is 9.77. The van der Waals surface area contributed by atoms with Gasteiger partial charge in [-0.05, 0) is 17.7 Å². The van der Waals surface area contributed by atoms with E-state index < -0.39 is 11.9 Å². The van der Waals surface area contributed by atoms with Crippen molar-refractivity contribution in [2.24, 2.45) is 0 Å². The smallest absolute Gasteiger partial charge is 0.181 e. The van der Waals surface area contributed by atoms with Crippen molar-refractivity contribution in [1.82, 2.24) is 4.98 Å². The molecule has 15 heavy (non-hydrogen) atoms. The molecule has 2 aromatic rings. The molecule has 0 aliphatic heterocycles. The molecule has 1 unspecified atom stereocenters. The molecule has 0 fully saturated rings. The van der Waals surface area contributed by atoms with Crippen LogP contribution < -0.4 is 0 Å². The Bertz CT molecular complexity index is 458. The van der Waals surface area contributed by atoms with Crippen LogP contribution in [-0.2, 0) is 0 Å². The normalized spacial score (nSPS) is 12.7. The predicted octanol–water partition coefficient (Wildman–Crippen LogP) is 2.55. The molecule has 0 saturated carbocycles. The highest BCUT2D eigenvalue weighted by Gasteiger charge is 2.15. The maximum absolute atomic E-state index is 13.1. The van der Waals surface area contributed by atoms with E-state index in [1.54, 1.807) is 0 Å². The van der Waals surface area contributed by atoms with Gasteiger partial charge in [-0.3, -0.25) is 0 Å². The van der Waals surface area contributed by atoms with Crippen LogP contribution in [0, 0.1) is 5.82 Å². The largest absolute Gasteiger partial charge is 0.445 e. The number of hydrogen-bond donors (Lipinski definition) is 1. The summed E-state index contributed by atoms with van der Waals surface area (Å²) in [5.41, 5.74) is 0.369. The Kier molecular flexibility index (Phi) is 2.70. The molecule has 1 N–H and O–H groups in total. The summed E-state index contributed by atoms with van der Waals surface area (Å²) in [5.74, 6) is -0.315. The Morgan fingerprint density at radius 2 is 2.27 bits per heavy atom. The van der Waals surface area contributed by atoms with Crippen LogP contribution in [0.4, 0.5) is 4.39 Å². The number of aromatic nitrogens is 1. The van der Waals surface area contributed by atoms with Gasteiger partial charge in [0.05, 0.1) is 11.2 Å². The average molecular weight is 228 g/mol. The van der Waals surface area contributed by atoms with Crippen LogP contribution in [0.5, 0.6) is 0 Å². The zero-order valence-corrected chi connectivity index (χ0v) is 8.28. The lowest BCUT2D eigenvalue weighted by Crippen LogP contribution is -1.98. The van der Waals surface area contributed by atoms with Gasteiger partial charge in [0.15, 0.2) is 12.2 Å². The number of nitrogens with zero attached hydrogens (tertiary/aromatic N) is 1. The van der Waals surface area contributed by atoms with E-state index in [2.05, 4.69) is 4.98 Å². The minimum atomic E-state index is -1.03. The molecule has 3 nitrogen and oxygen atoms in total. The third-order valence-electron chi connectivity index (χ3n) is 1.98. The minimum Gasteiger partial charge on any atom is -0.445 e. The first kappa shape index (κ1) is 10.1. The predicted molar refractivity (Wildman–Crippen MR) is 52.0 cm³/mol. The fourth-order valence-electron chi connectivity index (χ4n) is 1.21. The fourth-order valence-corrected chi connectivity index (χ4v) is 1.32. The summed E-state index contributed by atoms with van der Waals surface area (Å²) in [6, 6.07) is 4.07. The SMILES string of the molecule is OC(c1ccc(Cl)c(F)c1)c1cnco1. The Morgan fingerprint density at radius 3 is 2.87 bits per heavy atom. The third kappa shape index (κ3) is 2.00. The van der Waals surface area contributed by atoms with Crippen LogP contribution in [0.15, 0.2) is 35.2 Å². The van der Waals surface area contributed by atoms with Gasteiger partial charge in [0.25, 0.3) is 0 Å². The molecule has 0 saturated heterocycles. The van der Waals surface area contributed by atoms with Crippen LogP contribution in [0.2, 0.25) is 5.02 Å². The molecule has 1 aromatic carbocycles. The highest BCUT2D eigenvalue weighted by Crippen LogP contribution is 2.24. The second-order valence-corrected chi connectivity index (χ2v) is 3.39. The molecule has 1 aromatic heterocycles. The lowest BCUT2D eigenvalue weighted by Gasteiger charge is -2.07. The van der Waals surface area contributed by atoms with Crippen molar-refractivity contribution in [1.29, 1.82) is 0 Å². The Balaban J connectivity index is 2.34. The van der Waals surface area contributed by atoms with Crippen molar-refractivity contribution in [3.63, 3.8) is 0 Å². The summed E-state index contributed by atoms with van der Waals surface area (Å²) >= 11 is 5.52. The molecule has 78 valence electrons. The number of aliphatic hydroxyl groups excluding tert-OH is 1. The van der Waals surface area contributed by atoms with Crippen LogP contribution in [0.3, 0.4) is 0 Å². The van der Waals surface area contributed by atoms with E-state index in [1.807, 2.05) is 0 Å². The zero-order valence-electron chi connectivity index (χ0n) is 7.52. The maximum atomic E-state index is 13.1. The molecule has 1 atom stereocenters. The molecule has 0 radical (unpaired) electrons. The molecule has 1 heterocycles. The van der Waals surface area contributed by atoms with Crippen molar-refractivity contribution in [3.05, 3.63) is 53.0 Å². The maximum Gasteiger partial charge on any atom is 0.181 e.